The van der Waals surface area contributed by atoms with Gasteiger partial charge in [-0.2, -0.15) is 0 Å². The van der Waals surface area contributed by atoms with Crippen molar-refractivity contribution in [3.8, 4) is 0 Å². The number of aliphatic imine (C=N–C) groups is 1. The lowest BCUT2D eigenvalue weighted by atomic mass is 10.3. The number of aliphatic hydroxyl groups excluding tert-OH is 1. The molecule has 5 N–H and O–H groups in total. The van der Waals surface area contributed by atoms with E-state index in [-0.39, 0.29) is 30.2 Å². The Morgan fingerprint density at radius 3 is 2.93 bits per heavy atom. The van der Waals surface area contributed by atoms with Crippen LogP contribution in [0.5, 0.6) is 0 Å². The smallest absolute Gasteiger partial charge is 0.241 e. The van der Waals surface area contributed by atoms with Gasteiger partial charge < -0.3 is 25.8 Å². The fourth-order valence-corrected chi connectivity index (χ4v) is 4.05. The fraction of sp³-hybridized carbons (Fsp3) is 0.368. The molecule has 2 unspecified atom stereocenters. The maximum Gasteiger partial charge on any atom is 0.241 e. The van der Waals surface area contributed by atoms with Crippen LogP contribution in [-0.4, -0.2) is 51.3 Å². The lowest BCUT2D eigenvalue weighted by molar-refractivity contribution is 0.179. The van der Waals surface area contributed by atoms with Gasteiger partial charge in [-0.3, -0.25) is 0 Å². The molecule has 11 heteroatoms. The van der Waals surface area contributed by atoms with Crippen LogP contribution in [0.2, 0.25) is 0 Å². The second-order valence-electron chi connectivity index (χ2n) is 6.83. The number of hydrogen-bond acceptors (Lipinski definition) is 8. The minimum Gasteiger partial charge on any atom is -0.481 e. The lowest BCUT2D eigenvalue weighted by Gasteiger charge is -2.26. The van der Waals surface area contributed by atoms with Crippen molar-refractivity contribution in [2.45, 2.75) is 37.2 Å². The van der Waals surface area contributed by atoms with E-state index in [9.17, 15) is 13.5 Å². The molecule has 3 rings (SSSR count). The van der Waals surface area contributed by atoms with Gasteiger partial charge in [-0.15, -0.1) is 0 Å². The number of aliphatic hydroxyl groups is 1. The van der Waals surface area contributed by atoms with Crippen molar-refractivity contribution < 1.29 is 18.3 Å². The van der Waals surface area contributed by atoms with Gasteiger partial charge in [-0.1, -0.05) is 11.8 Å². The quantitative estimate of drug-likeness (QED) is 0.326. The Labute approximate surface area is 184 Å². The standard InChI is InChI=1S/C19H24BrN5O4S/c1-12(11-26)23-18-17(20)10-21-19(25-18)24-14-4-3-5-16(8-14)30(27,28)22-9-15-7-6-13(2)29-15/h3-6,8,10,12-13,19,22-26H,9,11H2,1-2H3/t12-,13?,19?/m1/s1. The molecular formula is C19H24BrN5O4S. The minimum absolute atomic E-state index is 0.0236. The normalized spacial score (nSPS) is 21.7. The topological polar surface area (TPSA) is 124 Å². The highest BCUT2D eigenvalue weighted by Crippen LogP contribution is 2.19. The van der Waals surface area contributed by atoms with Crippen molar-refractivity contribution >= 4 is 37.9 Å². The molecule has 162 valence electrons. The first kappa shape index (κ1) is 22.4. The summed E-state index contributed by atoms with van der Waals surface area (Å²) in [6.45, 7) is 3.70. The Kier molecular flexibility index (Phi) is 7.22. The van der Waals surface area contributed by atoms with Crippen LogP contribution in [0.25, 0.3) is 0 Å². The Bertz CT molecular complexity index is 1020. The molecule has 3 atom stereocenters. The van der Waals surface area contributed by atoms with E-state index in [0.29, 0.717) is 21.7 Å². The summed E-state index contributed by atoms with van der Waals surface area (Å²) in [6.07, 6.45) is 2.75. The first-order valence-electron chi connectivity index (χ1n) is 9.32. The first-order chi connectivity index (χ1) is 14.3. The van der Waals surface area contributed by atoms with Crippen LogP contribution in [0.1, 0.15) is 13.8 Å². The molecule has 30 heavy (non-hydrogen) atoms. The van der Waals surface area contributed by atoms with Crippen LogP contribution < -0.4 is 20.7 Å². The molecule has 0 radical (unpaired) electrons. The molecule has 0 spiro atoms. The molecule has 9 nitrogen and oxygen atoms in total. The van der Waals surface area contributed by atoms with E-state index in [1.54, 1.807) is 24.4 Å². The van der Waals surface area contributed by atoms with Crippen molar-refractivity contribution in [2.75, 3.05) is 18.5 Å². The van der Waals surface area contributed by atoms with Gasteiger partial charge in [0.2, 0.25) is 10.0 Å². The molecule has 0 aromatic heterocycles. The number of ether oxygens (including phenoxy) is 1. The lowest BCUT2D eigenvalue weighted by Crippen LogP contribution is -2.44. The van der Waals surface area contributed by atoms with E-state index in [0.717, 1.165) is 0 Å². The maximum absolute atomic E-state index is 12.6. The van der Waals surface area contributed by atoms with Crippen LogP contribution in [0.4, 0.5) is 5.69 Å². The van der Waals surface area contributed by atoms with Crippen molar-refractivity contribution in [1.82, 2.24) is 15.4 Å². The van der Waals surface area contributed by atoms with Gasteiger partial charge in [0, 0.05) is 24.0 Å². The number of nitrogens with zero attached hydrogens (tertiary/aromatic N) is 1. The van der Waals surface area contributed by atoms with Crippen molar-refractivity contribution in [2.24, 2.45) is 4.99 Å². The fourth-order valence-electron chi connectivity index (χ4n) is 2.67. The van der Waals surface area contributed by atoms with Crippen LogP contribution in [0, 0.1) is 0 Å². The molecule has 0 fully saturated rings. The summed E-state index contributed by atoms with van der Waals surface area (Å²) >= 11 is 3.40. The van der Waals surface area contributed by atoms with Crippen LogP contribution in [0.3, 0.4) is 0 Å². The van der Waals surface area contributed by atoms with E-state index in [1.165, 1.54) is 12.1 Å². The number of hydrogen-bond donors (Lipinski definition) is 5. The summed E-state index contributed by atoms with van der Waals surface area (Å²) in [5, 5.41) is 18.6. The van der Waals surface area contributed by atoms with Gasteiger partial charge in [0.25, 0.3) is 0 Å². The van der Waals surface area contributed by atoms with E-state index in [2.05, 4.69) is 47.3 Å². The van der Waals surface area contributed by atoms with Gasteiger partial charge in [0.05, 0.1) is 22.5 Å². The van der Waals surface area contributed by atoms with Crippen molar-refractivity contribution in [3.05, 3.63) is 52.1 Å². The molecule has 0 saturated heterocycles. The molecular weight excluding hydrogens is 474 g/mol. The summed E-state index contributed by atoms with van der Waals surface area (Å²) in [5.74, 6) is 1.12. The highest BCUT2D eigenvalue weighted by Gasteiger charge is 2.19. The highest BCUT2D eigenvalue weighted by atomic mass is 79.9. The number of benzene rings is 1. The maximum atomic E-state index is 12.6. The molecule has 2 aliphatic rings. The predicted molar refractivity (Wildman–Crippen MR) is 118 cm³/mol. The second kappa shape index (κ2) is 9.67. The Morgan fingerprint density at radius 1 is 1.43 bits per heavy atom. The van der Waals surface area contributed by atoms with Gasteiger partial charge in [0.15, 0.2) is 12.0 Å². The zero-order chi connectivity index (χ0) is 21.7. The van der Waals surface area contributed by atoms with Gasteiger partial charge in [0.1, 0.15) is 11.9 Å². The zero-order valence-corrected chi connectivity index (χ0v) is 18.9. The first-order valence-corrected chi connectivity index (χ1v) is 11.6. The molecule has 1 aromatic rings. The summed E-state index contributed by atoms with van der Waals surface area (Å²) in [5.41, 5.74) is 3.47. The number of halogens is 1. The average molecular weight is 498 g/mol. The van der Waals surface area contributed by atoms with E-state index >= 15 is 0 Å². The van der Waals surface area contributed by atoms with E-state index in [4.69, 9.17) is 4.74 Å². The van der Waals surface area contributed by atoms with Crippen LogP contribution >= 0.6 is 15.9 Å². The molecule has 2 heterocycles. The van der Waals surface area contributed by atoms with Crippen LogP contribution in [0.15, 0.2) is 62.0 Å². The molecule has 2 aliphatic heterocycles. The Morgan fingerprint density at radius 2 is 2.23 bits per heavy atom. The SMILES string of the molecule is CC1C=C=C(CNS(=O)(=O)c2cccc(NC3N=CC(Br)=C(N[C@H](C)CO)N3)c2)O1. The third-order valence-electron chi connectivity index (χ3n) is 4.20. The number of nitrogens with one attached hydrogen (secondary N) is 4. The average Bonchev–Trinajstić information content (AvgIpc) is 3.14. The van der Waals surface area contributed by atoms with Crippen LogP contribution in [-0.2, 0) is 14.8 Å². The summed E-state index contributed by atoms with van der Waals surface area (Å²) in [7, 11) is -3.73. The zero-order valence-electron chi connectivity index (χ0n) is 16.5. The van der Waals surface area contributed by atoms with E-state index < -0.39 is 16.3 Å². The third kappa shape index (κ3) is 5.87. The summed E-state index contributed by atoms with van der Waals surface area (Å²) < 4.78 is 33.9. The molecule has 1 aromatic carbocycles. The molecule has 0 saturated carbocycles. The van der Waals surface area contributed by atoms with Crippen molar-refractivity contribution in [1.29, 1.82) is 0 Å². The number of anilines is 1. The highest BCUT2D eigenvalue weighted by molar-refractivity contribution is 9.12. The number of allylic oxidation sites excluding steroid dienone is 1. The Balaban J connectivity index is 1.64. The third-order valence-corrected chi connectivity index (χ3v) is 6.20. The van der Waals surface area contributed by atoms with Gasteiger partial charge in [-0.05, 0) is 48.0 Å². The molecule has 0 aliphatic carbocycles. The monoisotopic (exact) mass is 497 g/mol. The summed E-state index contributed by atoms with van der Waals surface area (Å²) in [6, 6.07) is 6.29. The molecule has 0 bridgehead atoms. The number of sulfonamides is 1. The largest absolute Gasteiger partial charge is 0.481 e. The predicted octanol–water partition coefficient (Wildman–Crippen LogP) is 1.33. The minimum atomic E-state index is -3.73. The second-order valence-corrected chi connectivity index (χ2v) is 9.45. The summed E-state index contributed by atoms with van der Waals surface area (Å²) in [4.78, 5) is 4.44. The molecule has 0 amide bonds. The van der Waals surface area contributed by atoms with E-state index in [1.807, 2.05) is 13.8 Å². The number of rotatable bonds is 9. The Hall–Kier alpha value is -2.30. The van der Waals surface area contributed by atoms with Crippen molar-refractivity contribution in [3.63, 3.8) is 0 Å². The van der Waals surface area contributed by atoms with Gasteiger partial charge >= 0.3 is 0 Å². The van der Waals surface area contributed by atoms with Gasteiger partial charge in [-0.25, -0.2) is 18.1 Å².